The molecule has 5 heteroatoms. The largest absolute Gasteiger partial charge is 0.481 e. The van der Waals surface area contributed by atoms with E-state index in [1.54, 1.807) is 0 Å². The molecule has 0 aromatic rings. The van der Waals surface area contributed by atoms with Crippen molar-refractivity contribution in [2.24, 2.45) is 46.3 Å². The number of carbonyl (C=O) groups is 2. The van der Waals surface area contributed by atoms with Gasteiger partial charge in [0, 0.05) is 19.3 Å². The van der Waals surface area contributed by atoms with E-state index in [1.165, 1.54) is 0 Å². The highest BCUT2D eigenvalue weighted by molar-refractivity contribution is 5.79. The van der Waals surface area contributed by atoms with Crippen LogP contribution in [0.4, 0.5) is 0 Å². The van der Waals surface area contributed by atoms with E-state index in [-0.39, 0.29) is 52.8 Å². The summed E-state index contributed by atoms with van der Waals surface area (Å²) in [5.74, 6) is 0.601. The summed E-state index contributed by atoms with van der Waals surface area (Å²) in [5, 5.41) is 31.8. The molecule has 0 aliphatic heterocycles. The van der Waals surface area contributed by atoms with Gasteiger partial charge in [0.25, 0.3) is 0 Å². The molecule has 158 valence electrons. The van der Waals surface area contributed by atoms with Crippen molar-refractivity contribution in [1.29, 1.82) is 0 Å². The van der Waals surface area contributed by atoms with Crippen molar-refractivity contribution in [2.75, 3.05) is 0 Å². The minimum atomic E-state index is -0.775. The monoisotopic (exact) mass is 392 g/mol. The Morgan fingerprint density at radius 3 is 2.57 bits per heavy atom. The smallest absolute Gasteiger partial charge is 0.303 e. The Labute approximate surface area is 167 Å². The van der Waals surface area contributed by atoms with Crippen molar-refractivity contribution >= 4 is 11.8 Å². The van der Waals surface area contributed by atoms with Crippen LogP contribution in [0.2, 0.25) is 0 Å². The molecular formula is C23H36O5. The van der Waals surface area contributed by atoms with Gasteiger partial charge in [-0.2, -0.15) is 0 Å². The Kier molecular flexibility index (Phi) is 4.94. The van der Waals surface area contributed by atoms with Crippen LogP contribution < -0.4 is 0 Å². The molecule has 0 heterocycles. The van der Waals surface area contributed by atoms with Crippen molar-refractivity contribution in [3.05, 3.63) is 0 Å². The number of carboxylic acid groups (broad SMARTS) is 1. The first-order valence-electron chi connectivity index (χ1n) is 11.2. The SMILES string of the molecule is C[C@H](CC(=O)O)[C@H]1CC[C@H]2[C@@H]3[C@H](O)C[C@@H]4CC(=O)CC[C@]4(C)[C@H]3C[C@H](O)[C@]12C. The van der Waals surface area contributed by atoms with Gasteiger partial charge < -0.3 is 15.3 Å². The summed E-state index contributed by atoms with van der Waals surface area (Å²) in [6, 6.07) is 0. The van der Waals surface area contributed by atoms with E-state index in [1.807, 2.05) is 6.92 Å². The van der Waals surface area contributed by atoms with Crippen molar-refractivity contribution in [3.63, 3.8) is 0 Å². The second-order valence-electron chi connectivity index (χ2n) is 10.9. The van der Waals surface area contributed by atoms with E-state index in [0.717, 1.165) is 19.3 Å². The molecule has 4 aliphatic carbocycles. The van der Waals surface area contributed by atoms with Crippen molar-refractivity contribution in [3.8, 4) is 0 Å². The number of aliphatic hydroxyl groups excluding tert-OH is 2. The van der Waals surface area contributed by atoms with Gasteiger partial charge in [-0.3, -0.25) is 9.59 Å². The van der Waals surface area contributed by atoms with Crippen LogP contribution in [-0.4, -0.2) is 39.3 Å². The molecule has 4 saturated carbocycles. The van der Waals surface area contributed by atoms with Crippen LogP contribution in [-0.2, 0) is 9.59 Å². The second-order valence-corrected chi connectivity index (χ2v) is 10.9. The number of Topliss-reactive ketones (excluding diaryl/α,β-unsaturated/α-hetero) is 1. The maximum absolute atomic E-state index is 12.1. The highest BCUT2D eigenvalue weighted by atomic mass is 16.4. The normalized spacial score (nSPS) is 51.8. The minimum Gasteiger partial charge on any atom is -0.481 e. The predicted octanol–water partition coefficient (Wildman–Crippen LogP) is 3.27. The van der Waals surface area contributed by atoms with Crippen molar-refractivity contribution in [1.82, 2.24) is 0 Å². The number of fused-ring (bicyclic) bond motifs is 5. The Hall–Kier alpha value is -0.940. The number of ketones is 1. The zero-order valence-corrected chi connectivity index (χ0v) is 17.4. The third-order valence-electron chi connectivity index (χ3n) is 9.86. The van der Waals surface area contributed by atoms with E-state index >= 15 is 0 Å². The summed E-state index contributed by atoms with van der Waals surface area (Å²) in [5.41, 5.74) is -0.310. The summed E-state index contributed by atoms with van der Waals surface area (Å²) < 4.78 is 0. The molecule has 4 fully saturated rings. The molecule has 10 atom stereocenters. The fourth-order valence-corrected chi connectivity index (χ4v) is 8.36. The zero-order valence-electron chi connectivity index (χ0n) is 17.4. The van der Waals surface area contributed by atoms with Gasteiger partial charge in [0.1, 0.15) is 5.78 Å². The molecule has 4 rings (SSSR count). The van der Waals surface area contributed by atoms with E-state index < -0.39 is 18.2 Å². The molecule has 5 nitrogen and oxygen atoms in total. The number of hydrogen-bond donors (Lipinski definition) is 3. The molecule has 4 aliphatic rings. The summed E-state index contributed by atoms with van der Waals surface area (Å²) in [6.07, 6.45) is 4.59. The maximum atomic E-state index is 12.1. The molecule has 0 amide bonds. The third kappa shape index (κ3) is 2.79. The third-order valence-corrected chi connectivity index (χ3v) is 9.86. The number of hydrogen-bond acceptors (Lipinski definition) is 4. The molecule has 0 radical (unpaired) electrons. The van der Waals surface area contributed by atoms with E-state index in [0.29, 0.717) is 31.5 Å². The number of carboxylic acids is 1. The van der Waals surface area contributed by atoms with Crippen LogP contribution in [0.5, 0.6) is 0 Å². The van der Waals surface area contributed by atoms with Crippen LogP contribution in [0.15, 0.2) is 0 Å². The second kappa shape index (κ2) is 6.80. The summed E-state index contributed by atoms with van der Waals surface area (Å²) in [6.45, 7) is 6.45. The lowest BCUT2D eigenvalue weighted by molar-refractivity contribution is -0.201. The summed E-state index contributed by atoms with van der Waals surface area (Å²) in [7, 11) is 0. The maximum Gasteiger partial charge on any atom is 0.303 e. The van der Waals surface area contributed by atoms with E-state index in [2.05, 4.69) is 13.8 Å². The molecule has 0 bridgehead atoms. The van der Waals surface area contributed by atoms with Gasteiger partial charge in [-0.05, 0) is 78.4 Å². The molecule has 0 aromatic heterocycles. The quantitative estimate of drug-likeness (QED) is 0.685. The van der Waals surface area contributed by atoms with Gasteiger partial charge >= 0.3 is 5.97 Å². The average Bonchev–Trinajstić information content (AvgIpc) is 2.95. The first-order valence-corrected chi connectivity index (χ1v) is 11.2. The number of carbonyl (C=O) groups excluding carboxylic acids is 1. The van der Waals surface area contributed by atoms with E-state index in [9.17, 15) is 24.9 Å². The molecule has 28 heavy (non-hydrogen) atoms. The standard InChI is InChI=1S/C23H36O5/c1-12(8-20(27)28)15-4-5-16-21-17(11-19(26)23(15,16)3)22(2)7-6-14(24)9-13(22)10-18(21)25/h12-13,15-19,21,25-26H,4-11H2,1-3H3,(H,27,28)/t12-,13+,15-,16+,17+,18-,19+,21+,22+,23-/m1/s1. The van der Waals surface area contributed by atoms with Gasteiger partial charge in [0.15, 0.2) is 0 Å². The predicted molar refractivity (Wildman–Crippen MR) is 104 cm³/mol. The molecule has 0 spiro atoms. The Morgan fingerprint density at radius 1 is 1.18 bits per heavy atom. The molecule has 0 unspecified atom stereocenters. The molecule has 0 aromatic carbocycles. The van der Waals surface area contributed by atoms with Crippen LogP contribution in [0, 0.1) is 46.3 Å². The highest BCUT2D eigenvalue weighted by Gasteiger charge is 2.65. The van der Waals surface area contributed by atoms with Gasteiger partial charge in [0.2, 0.25) is 0 Å². The van der Waals surface area contributed by atoms with Gasteiger partial charge in [-0.25, -0.2) is 0 Å². The van der Waals surface area contributed by atoms with Crippen molar-refractivity contribution in [2.45, 2.75) is 84.3 Å². The minimum absolute atomic E-state index is 0.0187. The fraction of sp³-hybridized carbons (Fsp3) is 0.913. The number of aliphatic hydroxyl groups is 2. The van der Waals surface area contributed by atoms with Crippen LogP contribution in [0.1, 0.15) is 72.1 Å². The Bertz CT molecular complexity index is 661. The van der Waals surface area contributed by atoms with Crippen molar-refractivity contribution < 1.29 is 24.9 Å². The Morgan fingerprint density at radius 2 is 1.89 bits per heavy atom. The van der Waals surface area contributed by atoms with Gasteiger partial charge in [-0.15, -0.1) is 0 Å². The lowest BCUT2D eigenvalue weighted by Crippen LogP contribution is -2.62. The van der Waals surface area contributed by atoms with Crippen LogP contribution in [0.3, 0.4) is 0 Å². The molecule has 3 N–H and O–H groups in total. The molecular weight excluding hydrogens is 356 g/mol. The number of aliphatic carboxylic acids is 1. The first kappa shape index (κ1) is 20.3. The fourth-order valence-electron chi connectivity index (χ4n) is 8.36. The van der Waals surface area contributed by atoms with E-state index in [4.69, 9.17) is 0 Å². The highest BCUT2D eigenvalue weighted by Crippen LogP contribution is 2.68. The van der Waals surface area contributed by atoms with Gasteiger partial charge in [0.05, 0.1) is 12.2 Å². The summed E-state index contributed by atoms with van der Waals surface area (Å²) in [4.78, 5) is 23.3. The Balaban J connectivity index is 1.66. The average molecular weight is 393 g/mol. The summed E-state index contributed by atoms with van der Waals surface area (Å²) >= 11 is 0. The lowest BCUT2D eigenvalue weighted by atomic mass is 9.43. The topological polar surface area (TPSA) is 94.8 Å². The first-order chi connectivity index (χ1) is 13.1. The zero-order chi connectivity index (χ0) is 20.4. The number of rotatable bonds is 3. The molecule has 0 saturated heterocycles. The van der Waals surface area contributed by atoms with Crippen LogP contribution >= 0.6 is 0 Å². The van der Waals surface area contributed by atoms with Crippen LogP contribution in [0.25, 0.3) is 0 Å². The van der Waals surface area contributed by atoms with Gasteiger partial charge in [-0.1, -0.05) is 20.8 Å². The lowest BCUT2D eigenvalue weighted by Gasteiger charge is -2.63.